The third kappa shape index (κ3) is 1.98. The third-order valence-corrected chi connectivity index (χ3v) is 3.03. The molecule has 2 heteroatoms. The second-order valence-corrected chi connectivity index (χ2v) is 6.70. The van der Waals surface area contributed by atoms with E-state index in [1.165, 1.54) is 0 Å². The van der Waals surface area contributed by atoms with Crippen molar-refractivity contribution in [2.45, 2.75) is 48.5 Å². The molecule has 0 N–H and O–H groups in total. The number of carbonyl (C=O) groups is 2. The van der Waals surface area contributed by atoms with E-state index < -0.39 is 5.92 Å². The summed E-state index contributed by atoms with van der Waals surface area (Å²) in [6.07, 6.45) is 0. The van der Waals surface area contributed by atoms with E-state index in [1.807, 2.05) is 41.5 Å². The van der Waals surface area contributed by atoms with Gasteiger partial charge in [0.25, 0.3) is 0 Å². The number of Topliss-reactive ketones (excluding diaryl/α,β-unsaturated/α-hetero) is 2. The Morgan fingerprint density at radius 1 is 0.750 bits per heavy atom. The molecule has 0 aliphatic heterocycles. The highest BCUT2D eigenvalue weighted by molar-refractivity contribution is 6.25. The Morgan fingerprint density at radius 3 is 1.19 bits per heavy atom. The topological polar surface area (TPSA) is 34.1 Å². The van der Waals surface area contributed by atoms with Crippen molar-refractivity contribution in [3.05, 3.63) is 11.1 Å². The summed E-state index contributed by atoms with van der Waals surface area (Å²) in [6, 6.07) is 0. The zero-order chi connectivity index (χ0) is 12.9. The summed E-state index contributed by atoms with van der Waals surface area (Å²) in [4.78, 5) is 24.3. The van der Waals surface area contributed by atoms with Gasteiger partial charge in [0.05, 0.1) is 5.92 Å². The molecule has 1 aliphatic carbocycles. The molecule has 0 saturated carbocycles. The monoisotopic (exact) mass is 222 g/mol. The SMILES string of the molecule is CC1C(=O)C(C(C)(C)C)=C(C(C)(C)C)C1=O. The summed E-state index contributed by atoms with van der Waals surface area (Å²) in [5, 5.41) is 0. The van der Waals surface area contributed by atoms with Crippen LogP contribution in [-0.4, -0.2) is 11.6 Å². The van der Waals surface area contributed by atoms with Crippen molar-refractivity contribution in [1.82, 2.24) is 0 Å². The van der Waals surface area contributed by atoms with Crippen LogP contribution in [0.4, 0.5) is 0 Å². The molecule has 0 amide bonds. The van der Waals surface area contributed by atoms with Crippen LogP contribution >= 0.6 is 0 Å². The predicted molar refractivity (Wildman–Crippen MR) is 65.1 cm³/mol. The Bertz CT molecular complexity index is 337. The molecule has 0 radical (unpaired) electrons. The van der Waals surface area contributed by atoms with Crippen molar-refractivity contribution in [2.75, 3.05) is 0 Å². The standard InChI is InChI=1S/C14H22O2/c1-8-11(15)9(13(2,3)4)10(12(8)16)14(5,6)7/h8H,1-7H3. The maximum absolute atomic E-state index is 12.1. The minimum Gasteiger partial charge on any atom is -0.294 e. The van der Waals surface area contributed by atoms with Crippen LogP contribution < -0.4 is 0 Å². The smallest absolute Gasteiger partial charge is 0.170 e. The highest BCUT2D eigenvalue weighted by atomic mass is 16.2. The first-order chi connectivity index (χ1) is 6.98. The molecule has 0 aromatic carbocycles. The van der Waals surface area contributed by atoms with Gasteiger partial charge in [0.1, 0.15) is 0 Å². The first-order valence-electron chi connectivity index (χ1n) is 5.81. The molecule has 90 valence electrons. The summed E-state index contributed by atoms with van der Waals surface area (Å²) >= 11 is 0. The van der Waals surface area contributed by atoms with Crippen molar-refractivity contribution in [3.63, 3.8) is 0 Å². The van der Waals surface area contributed by atoms with Crippen LogP contribution in [0.15, 0.2) is 11.1 Å². The largest absolute Gasteiger partial charge is 0.294 e. The molecule has 16 heavy (non-hydrogen) atoms. The van der Waals surface area contributed by atoms with Gasteiger partial charge >= 0.3 is 0 Å². The Labute approximate surface area is 98.1 Å². The molecule has 0 aromatic rings. The van der Waals surface area contributed by atoms with Gasteiger partial charge in [-0.3, -0.25) is 9.59 Å². The summed E-state index contributed by atoms with van der Waals surface area (Å²) in [5.74, 6) is -0.451. The minimum absolute atomic E-state index is 0.0161. The van der Waals surface area contributed by atoms with Crippen LogP contribution in [-0.2, 0) is 9.59 Å². The van der Waals surface area contributed by atoms with Gasteiger partial charge in [0, 0.05) is 11.1 Å². The van der Waals surface area contributed by atoms with Crippen molar-refractivity contribution < 1.29 is 9.59 Å². The van der Waals surface area contributed by atoms with E-state index in [0.29, 0.717) is 0 Å². The van der Waals surface area contributed by atoms with E-state index in [1.54, 1.807) is 6.92 Å². The summed E-state index contributed by atoms with van der Waals surface area (Å²) in [5.41, 5.74) is 0.968. The summed E-state index contributed by atoms with van der Waals surface area (Å²) in [7, 11) is 0. The Balaban J connectivity index is 3.49. The normalized spacial score (nSPS) is 19.9. The average molecular weight is 222 g/mol. The molecule has 0 spiro atoms. The van der Waals surface area contributed by atoms with E-state index in [2.05, 4.69) is 0 Å². The lowest BCUT2D eigenvalue weighted by atomic mass is 9.76. The molecule has 0 heterocycles. The number of ketones is 2. The van der Waals surface area contributed by atoms with Crippen LogP contribution in [0.1, 0.15) is 48.5 Å². The van der Waals surface area contributed by atoms with Gasteiger partial charge in [-0.05, 0) is 17.8 Å². The maximum Gasteiger partial charge on any atom is 0.170 e. The van der Waals surface area contributed by atoms with Gasteiger partial charge in [-0.25, -0.2) is 0 Å². The lowest BCUT2D eigenvalue weighted by molar-refractivity contribution is -0.126. The fourth-order valence-corrected chi connectivity index (χ4v) is 2.29. The molecule has 0 unspecified atom stereocenters. The van der Waals surface area contributed by atoms with Crippen LogP contribution in [0.2, 0.25) is 0 Å². The summed E-state index contributed by atoms with van der Waals surface area (Å²) in [6.45, 7) is 13.7. The van der Waals surface area contributed by atoms with Crippen molar-refractivity contribution in [3.8, 4) is 0 Å². The number of hydrogen-bond acceptors (Lipinski definition) is 2. The van der Waals surface area contributed by atoms with E-state index in [4.69, 9.17) is 0 Å². The molecule has 0 atom stereocenters. The average Bonchev–Trinajstić information content (AvgIpc) is 2.27. The third-order valence-electron chi connectivity index (χ3n) is 3.03. The maximum atomic E-state index is 12.1. The van der Waals surface area contributed by atoms with Gasteiger partial charge in [-0.2, -0.15) is 0 Å². The van der Waals surface area contributed by atoms with Gasteiger partial charge in [0.15, 0.2) is 11.6 Å². The molecule has 1 rings (SSSR count). The lowest BCUT2D eigenvalue weighted by Gasteiger charge is -2.27. The Hall–Kier alpha value is -0.920. The van der Waals surface area contributed by atoms with Crippen LogP contribution in [0.3, 0.4) is 0 Å². The number of rotatable bonds is 0. The molecule has 1 aliphatic rings. The van der Waals surface area contributed by atoms with Crippen molar-refractivity contribution in [2.24, 2.45) is 16.7 Å². The number of allylic oxidation sites excluding steroid dienone is 2. The molecule has 0 fully saturated rings. The number of hydrogen-bond donors (Lipinski definition) is 0. The fourth-order valence-electron chi connectivity index (χ4n) is 2.29. The second-order valence-electron chi connectivity index (χ2n) is 6.70. The lowest BCUT2D eigenvalue weighted by Crippen LogP contribution is -2.21. The molecular formula is C14H22O2. The number of carbonyl (C=O) groups excluding carboxylic acids is 2. The van der Waals surface area contributed by atoms with E-state index in [9.17, 15) is 9.59 Å². The van der Waals surface area contributed by atoms with E-state index in [-0.39, 0.29) is 22.4 Å². The molecular weight excluding hydrogens is 200 g/mol. The molecule has 0 bridgehead atoms. The van der Waals surface area contributed by atoms with E-state index in [0.717, 1.165) is 11.1 Å². The highest BCUT2D eigenvalue weighted by Gasteiger charge is 2.45. The minimum atomic E-state index is -0.483. The first kappa shape index (κ1) is 13.1. The van der Waals surface area contributed by atoms with Gasteiger partial charge in [0.2, 0.25) is 0 Å². The molecule has 0 saturated heterocycles. The molecule has 0 aromatic heterocycles. The Kier molecular flexibility index (Phi) is 2.91. The van der Waals surface area contributed by atoms with Crippen molar-refractivity contribution >= 4 is 11.6 Å². The van der Waals surface area contributed by atoms with Gasteiger partial charge in [-0.1, -0.05) is 41.5 Å². The van der Waals surface area contributed by atoms with Crippen LogP contribution in [0.25, 0.3) is 0 Å². The highest BCUT2D eigenvalue weighted by Crippen LogP contribution is 2.44. The summed E-state index contributed by atoms with van der Waals surface area (Å²) < 4.78 is 0. The van der Waals surface area contributed by atoms with Crippen LogP contribution in [0.5, 0.6) is 0 Å². The zero-order valence-electron chi connectivity index (χ0n) is 11.4. The fraction of sp³-hybridized carbons (Fsp3) is 0.714. The van der Waals surface area contributed by atoms with Crippen LogP contribution in [0, 0.1) is 16.7 Å². The van der Waals surface area contributed by atoms with Gasteiger partial charge < -0.3 is 0 Å². The second kappa shape index (κ2) is 3.54. The Morgan fingerprint density at radius 2 is 1.00 bits per heavy atom. The van der Waals surface area contributed by atoms with E-state index >= 15 is 0 Å². The quantitative estimate of drug-likeness (QED) is 0.590. The first-order valence-corrected chi connectivity index (χ1v) is 5.81. The molecule has 2 nitrogen and oxygen atoms in total. The van der Waals surface area contributed by atoms with Crippen molar-refractivity contribution in [1.29, 1.82) is 0 Å². The zero-order valence-corrected chi connectivity index (χ0v) is 11.4. The van der Waals surface area contributed by atoms with Gasteiger partial charge in [-0.15, -0.1) is 0 Å². The predicted octanol–water partition coefficient (Wildman–Crippen LogP) is 3.16.